The van der Waals surface area contributed by atoms with Gasteiger partial charge in [-0.05, 0) is 24.0 Å². The SMILES string of the molecule is N#CC(C#N)=C1c2ccccc2CC[C@H]1Br. The van der Waals surface area contributed by atoms with Gasteiger partial charge in [-0.2, -0.15) is 10.5 Å². The van der Waals surface area contributed by atoms with Gasteiger partial charge >= 0.3 is 0 Å². The number of hydrogen-bond acceptors (Lipinski definition) is 2. The van der Waals surface area contributed by atoms with E-state index in [1.165, 1.54) is 5.56 Å². The predicted octanol–water partition coefficient (Wildman–Crippen LogP) is 3.20. The normalized spacial score (nSPS) is 18.2. The molecule has 0 unspecified atom stereocenters. The number of allylic oxidation sites excluding steroid dienone is 2. The number of benzene rings is 1. The van der Waals surface area contributed by atoms with Crippen molar-refractivity contribution in [2.45, 2.75) is 17.7 Å². The predicted molar refractivity (Wildman–Crippen MR) is 65.6 cm³/mol. The summed E-state index contributed by atoms with van der Waals surface area (Å²) >= 11 is 3.55. The molecule has 1 atom stereocenters. The molecular formula is C13H9BrN2. The first-order chi connectivity index (χ1) is 7.77. The van der Waals surface area contributed by atoms with Gasteiger partial charge in [0, 0.05) is 10.4 Å². The molecule has 0 saturated heterocycles. The molecule has 0 amide bonds. The largest absolute Gasteiger partial charge is 0.192 e. The Balaban J connectivity index is 2.68. The third-order valence-electron chi connectivity index (χ3n) is 2.78. The van der Waals surface area contributed by atoms with Crippen LogP contribution < -0.4 is 0 Å². The second-order valence-corrected chi connectivity index (χ2v) is 4.78. The maximum absolute atomic E-state index is 8.97. The fourth-order valence-electron chi connectivity index (χ4n) is 2.03. The molecule has 0 N–H and O–H groups in total. The molecule has 0 bridgehead atoms. The molecule has 1 aliphatic carbocycles. The van der Waals surface area contributed by atoms with Crippen LogP contribution in [0.25, 0.3) is 5.57 Å². The zero-order valence-corrected chi connectivity index (χ0v) is 10.2. The highest BCUT2D eigenvalue weighted by Gasteiger charge is 2.24. The molecular weight excluding hydrogens is 264 g/mol. The van der Waals surface area contributed by atoms with Crippen molar-refractivity contribution in [1.82, 2.24) is 0 Å². The molecule has 3 heteroatoms. The Labute approximate surface area is 103 Å². The van der Waals surface area contributed by atoms with E-state index in [0.29, 0.717) is 0 Å². The van der Waals surface area contributed by atoms with E-state index < -0.39 is 0 Å². The van der Waals surface area contributed by atoms with Gasteiger partial charge in [-0.25, -0.2) is 0 Å². The summed E-state index contributed by atoms with van der Waals surface area (Å²) in [6.07, 6.45) is 1.92. The van der Waals surface area contributed by atoms with Gasteiger partial charge in [0.2, 0.25) is 0 Å². The van der Waals surface area contributed by atoms with Crippen molar-refractivity contribution >= 4 is 21.5 Å². The monoisotopic (exact) mass is 272 g/mol. The second-order valence-electron chi connectivity index (χ2n) is 3.68. The first-order valence-corrected chi connectivity index (χ1v) is 5.96. The maximum atomic E-state index is 8.97. The van der Waals surface area contributed by atoms with Crippen LogP contribution in [0.15, 0.2) is 29.8 Å². The molecule has 0 aliphatic heterocycles. The average Bonchev–Trinajstić information content (AvgIpc) is 2.33. The lowest BCUT2D eigenvalue weighted by Gasteiger charge is -2.23. The van der Waals surface area contributed by atoms with Crippen LogP contribution in [0.2, 0.25) is 0 Å². The Morgan fingerprint density at radius 2 is 1.94 bits per heavy atom. The quantitative estimate of drug-likeness (QED) is 0.538. The summed E-state index contributed by atoms with van der Waals surface area (Å²) in [4.78, 5) is 0.108. The van der Waals surface area contributed by atoms with Crippen LogP contribution in [0.1, 0.15) is 17.5 Å². The van der Waals surface area contributed by atoms with Crippen LogP contribution in [0.3, 0.4) is 0 Å². The molecule has 0 fully saturated rings. The second kappa shape index (κ2) is 4.51. The summed E-state index contributed by atoms with van der Waals surface area (Å²) in [7, 11) is 0. The first-order valence-electron chi connectivity index (χ1n) is 5.04. The maximum Gasteiger partial charge on any atom is 0.134 e. The third-order valence-corrected chi connectivity index (χ3v) is 3.70. The van der Waals surface area contributed by atoms with Gasteiger partial charge in [0.05, 0.1) is 0 Å². The van der Waals surface area contributed by atoms with Gasteiger partial charge in [0.25, 0.3) is 0 Å². The van der Waals surface area contributed by atoms with Crippen LogP contribution in [0.4, 0.5) is 0 Å². The van der Waals surface area contributed by atoms with E-state index in [2.05, 4.69) is 22.0 Å². The molecule has 0 saturated carbocycles. The Kier molecular flexibility index (Phi) is 3.08. The van der Waals surface area contributed by atoms with Gasteiger partial charge in [-0.3, -0.25) is 0 Å². The Bertz CT molecular complexity index is 516. The van der Waals surface area contributed by atoms with Gasteiger partial charge in [-0.15, -0.1) is 0 Å². The summed E-state index contributed by atoms with van der Waals surface area (Å²) in [5.74, 6) is 0. The fraction of sp³-hybridized carbons (Fsp3) is 0.231. The standard InChI is InChI=1S/C13H9BrN2/c14-12-6-5-9-3-1-2-4-11(9)13(12)10(7-15)8-16/h1-4,12H,5-6H2/t12-/m1/s1. The number of rotatable bonds is 0. The van der Waals surface area contributed by atoms with E-state index in [9.17, 15) is 0 Å². The summed E-state index contributed by atoms with van der Waals surface area (Å²) in [5.41, 5.74) is 3.31. The number of aryl methyl sites for hydroxylation is 1. The molecule has 1 aromatic carbocycles. The lowest BCUT2D eigenvalue weighted by atomic mass is 9.85. The van der Waals surface area contributed by atoms with E-state index in [1.54, 1.807) is 0 Å². The van der Waals surface area contributed by atoms with Crippen molar-refractivity contribution in [1.29, 1.82) is 10.5 Å². The van der Waals surface area contributed by atoms with Crippen molar-refractivity contribution in [3.05, 3.63) is 41.0 Å². The van der Waals surface area contributed by atoms with E-state index in [4.69, 9.17) is 10.5 Å². The zero-order valence-electron chi connectivity index (χ0n) is 8.57. The van der Waals surface area contributed by atoms with Crippen molar-refractivity contribution in [3.63, 3.8) is 0 Å². The zero-order chi connectivity index (χ0) is 11.5. The minimum absolute atomic E-state index is 0.108. The minimum atomic E-state index is 0.108. The van der Waals surface area contributed by atoms with Crippen molar-refractivity contribution in [2.75, 3.05) is 0 Å². The summed E-state index contributed by atoms with van der Waals surface area (Å²) in [6.45, 7) is 0. The van der Waals surface area contributed by atoms with E-state index in [1.807, 2.05) is 30.3 Å². The van der Waals surface area contributed by atoms with Crippen molar-refractivity contribution < 1.29 is 0 Å². The topological polar surface area (TPSA) is 47.6 Å². The summed E-state index contributed by atoms with van der Waals surface area (Å²) in [5, 5.41) is 17.9. The molecule has 16 heavy (non-hydrogen) atoms. The number of fused-ring (bicyclic) bond motifs is 1. The third kappa shape index (κ3) is 1.75. The highest BCUT2D eigenvalue weighted by atomic mass is 79.9. The highest BCUT2D eigenvalue weighted by Crippen LogP contribution is 2.36. The fourth-order valence-corrected chi connectivity index (χ4v) is 2.74. The lowest BCUT2D eigenvalue weighted by molar-refractivity contribution is 0.842. The minimum Gasteiger partial charge on any atom is -0.192 e. The van der Waals surface area contributed by atoms with E-state index in [0.717, 1.165) is 24.0 Å². The van der Waals surface area contributed by atoms with Crippen molar-refractivity contribution in [3.8, 4) is 12.1 Å². The van der Waals surface area contributed by atoms with Gasteiger partial charge < -0.3 is 0 Å². The van der Waals surface area contributed by atoms with Crippen LogP contribution in [-0.2, 0) is 6.42 Å². The first kappa shape index (κ1) is 10.9. The van der Waals surface area contributed by atoms with E-state index >= 15 is 0 Å². The van der Waals surface area contributed by atoms with Crippen LogP contribution in [-0.4, -0.2) is 4.83 Å². The molecule has 0 radical (unpaired) electrons. The number of nitrogens with zero attached hydrogens (tertiary/aromatic N) is 2. The molecule has 0 spiro atoms. The molecule has 0 aromatic heterocycles. The Hall–Kier alpha value is -1.58. The summed E-state index contributed by atoms with van der Waals surface area (Å²) in [6, 6.07) is 11.9. The van der Waals surface area contributed by atoms with Gasteiger partial charge in [0.1, 0.15) is 17.7 Å². The van der Waals surface area contributed by atoms with Crippen LogP contribution >= 0.6 is 15.9 Å². The number of alkyl halides is 1. The van der Waals surface area contributed by atoms with E-state index in [-0.39, 0.29) is 10.4 Å². The Morgan fingerprint density at radius 3 is 2.62 bits per heavy atom. The molecule has 2 nitrogen and oxygen atoms in total. The van der Waals surface area contributed by atoms with Crippen LogP contribution in [0.5, 0.6) is 0 Å². The summed E-state index contributed by atoms with van der Waals surface area (Å²) < 4.78 is 0. The number of halogens is 1. The lowest BCUT2D eigenvalue weighted by Crippen LogP contribution is -2.14. The smallest absolute Gasteiger partial charge is 0.134 e. The molecule has 2 rings (SSSR count). The number of nitriles is 2. The van der Waals surface area contributed by atoms with Crippen molar-refractivity contribution in [2.24, 2.45) is 0 Å². The van der Waals surface area contributed by atoms with Crippen LogP contribution in [0, 0.1) is 22.7 Å². The number of hydrogen-bond donors (Lipinski definition) is 0. The van der Waals surface area contributed by atoms with Gasteiger partial charge in [-0.1, -0.05) is 40.2 Å². The molecule has 1 aromatic rings. The highest BCUT2D eigenvalue weighted by molar-refractivity contribution is 9.09. The Morgan fingerprint density at radius 1 is 1.25 bits per heavy atom. The average molecular weight is 273 g/mol. The molecule has 0 heterocycles. The molecule has 1 aliphatic rings. The molecule has 78 valence electrons. The van der Waals surface area contributed by atoms with Gasteiger partial charge in [0.15, 0.2) is 0 Å².